The molecule has 14 nitrogen and oxygen atoms in total. The first-order valence-electron chi connectivity index (χ1n) is 11.2. The number of H-pyrrole nitrogens is 1. The van der Waals surface area contributed by atoms with E-state index in [-0.39, 0.29) is 19.6 Å². The summed E-state index contributed by atoms with van der Waals surface area (Å²) >= 11 is 0. The largest absolute Gasteiger partial charge is 0.395 e. The third-order valence-electron chi connectivity index (χ3n) is 6.06. The summed E-state index contributed by atoms with van der Waals surface area (Å²) < 4.78 is 6.69. The number of likely N-dealkylation sites (tertiary alicyclic amines) is 1. The van der Waals surface area contributed by atoms with Crippen molar-refractivity contribution in [2.45, 2.75) is 75.8 Å². The summed E-state index contributed by atoms with van der Waals surface area (Å²) in [6.07, 6.45) is -0.861. The molecule has 2 saturated heterocycles. The number of rotatable bonds is 7. The number of unbranched alkanes of at least 4 members (excludes halogenated alkanes) is 1. The highest BCUT2D eigenvalue weighted by Gasteiger charge is 2.40. The van der Waals surface area contributed by atoms with E-state index in [1.807, 2.05) is 4.90 Å². The molecule has 0 aromatic carbocycles. The Bertz CT molecular complexity index is 948. The quantitative estimate of drug-likeness (QED) is 0.147. The van der Waals surface area contributed by atoms with Crippen LogP contribution in [0.3, 0.4) is 0 Å². The summed E-state index contributed by atoms with van der Waals surface area (Å²) in [6, 6.07) is -1.01. The van der Waals surface area contributed by atoms with Crippen LogP contribution in [0.4, 0.5) is 0 Å². The number of aromatic amines is 1. The Morgan fingerprint density at radius 1 is 1.24 bits per heavy atom. The predicted octanol–water partition coefficient (Wildman–Crippen LogP) is -1.65. The van der Waals surface area contributed by atoms with Crippen molar-refractivity contribution in [1.29, 1.82) is 0 Å². The Labute approximate surface area is 195 Å². The molecule has 1 aromatic heterocycles. The summed E-state index contributed by atoms with van der Waals surface area (Å²) in [5, 5.41) is 50.4. The zero-order chi connectivity index (χ0) is 25.4. The van der Waals surface area contributed by atoms with E-state index in [1.165, 1.54) is 10.8 Å². The van der Waals surface area contributed by atoms with Crippen molar-refractivity contribution in [3.8, 4) is 0 Å². The lowest BCUT2D eigenvalue weighted by Crippen LogP contribution is -2.62. The first-order valence-corrected chi connectivity index (χ1v) is 11.2. The summed E-state index contributed by atoms with van der Waals surface area (Å²) in [5.41, 5.74) is 7.76. The molecule has 3 rings (SSSR count). The van der Waals surface area contributed by atoms with Crippen LogP contribution in [0.15, 0.2) is 20.9 Å². The van der Waals surface area contributed by atoms with Gasteiger partial charge in [0.25, 0.3) is 5.56 Å². The highest BCUT2D eigenvalue weighted by Crippen LogP contribution is 2.29. The molecule has 0 saturated carbocycles. The Balaban J connectivity index is 0.000000248. The van der Waals surface area contributed by atoms with Gasteiger partial charge < -0.3 is 30.3 Å². The Hall–Kier alpha value is -2.29. The van der Waals surface area contributed by atoms with Crippen LogP contribution >= 0.6 is 0 Å². The number of aromatic nitrogens is 2. The first-order chi connectivity index (χ1) is 16.2. The highest BCUT2D eigenvalue weighted by molar-refractivity contribution is 5.02. The maximum Gasteiger partial charge on any atom is 0.330 e. The molecule has 0 unspecified atom stereocenters. The number of hydrogen-bond donors (Lipinski definition) is 6. The fourth-order valence-corrected chi connectivity index (χ4v) is 4.03. The second-order valence-corrected chi connectivity index (χ2v) is 8.45. The van der Waals surface area contributed by atoms with Crippen molar-refractivity contribution < 1.29 is 30.3 Å². The number of aliphatic hydroxyl groups is 5. The average molecular weight is 487 g/mol. The molecule has 0 spiro atoms. The Kier molecular flexibility index (Phi) is 10.7. The second-order valence-electron chi connectivity index (χ2n) is 8.45. The van der Waals surface area contributed by atoms with Gasteiger partial charge >= 0.3 is 5.69 Å². The monoisotopic (exact) mass is 486 g/mol. The van der Waals surface area contributed by atoms with Crippen LogP contribution in [-0.4, -0.2) is 103 Å². The molecule has 34 heavy (non-hydrogen) atoms. The van der Waals surface area contributed by atoms with Gasteiger partial charge in [-0.05, 0) is 25.4 Å². The van der Waals surface area contributed by atoms with Gasteiger partial charge in [-0.15, -0.1) is 0 Å². The van der Waals surface area contributed by atoms with Gasteiger partial charge in [-0.3, -0.25) is 19.2 Å². The van der Waals surface area contributed by atoms with E-state index in [0.29, 0.717) is 12.1 Å². The maximum absolute atomic E-state index is 11.7. The normalized spacial score (nSPS) is 31.4. The minimum absolute atomic E-state index is 0.200. The molecule has 6 N–H and O–H groups in total. The summed E-state index contributed by atoms with van der Waals surface area (Å²) in [7, 11) is 0. The number of nitrogens with zero attached hydrogens (tertiary/aromatic N) is 5. The van der Waals surface area contributed by atoms with E-state index in [4.69, 9.17) is 20.5 Å². The fraction of sp³-hybridized carbons (Fsp3) is 0.800. The minimum atomic E-state index is -1.15. The minimum Gasteiger partial charge on any atom is -0.395 e. The van der Waals surface area contributed by atoms with Crippen LogP contribution in [0.5, 0.6) is 0 Å². The third kappa shape index (κ3) is 6.64. The highest BCUT2D eigenvalue weighted by atomic mass is 16.5. The molecule has 0 aliphatic carbocycles. The third-order valence-corrected chi connectivity index (χ3v) is 6.06. The van der Waals surface area contributed by atoms with Gasteiger partial charge in [0.2, 0.25) is 0 Å². The van der Waals surface area contributed by atoms with Gasteiger partial charge in [-0.2, -0.15) is 0 Å². The molecule has 2 aliphatic rings. The topological polar surface area (TPSA) is 217 Å². The predicted molar refractivity (Wildman–Crippen MR) is 120 cm³/mol. The van der Waals surface area contributed by atoms with E-state index in [2.05, 4.69) is 21.9 Å². The van der Waals surface area contributed by atoms with E-state index in [1.54, 1.807) is 6.92 Å². The second kappa shape index (κ2) is 13.0. The zero-order valence-electron chi connectivity index (χ0n) is 19.3. The molecule has 192 valence electrons. The molecule has 7 atom stereocenters. The van der Waals surface area contributed by atoms with E-state index in [0.717, 1.165) is 19.4 Å². The standard InChI is InChI=1S/C10H13N5O4.C10H21NO4/c1-5-3-15(10(18)12-9(5)17)8-2-6(13-14-11)7(4-16)19-8;1-2-3-4-11-5-8(13)10(15)9(14)7(11)6-12/h3,6-8,16H,2,4H2,1H3,(H,12,17,18);7-10,12-15H,2-6H2,1H3/t6-,7+,8+;7-,8+,9-,10-/m01/s1. The molecule has 2 fully saturated rings. The maximum atomic E-state index is 11.7. The number of nitrogens with one attached hydrogen (secondary N) is 1. The molecule has 14 heteroatoms. The van der Waals surface area contributed by atoms with Gasteiger partial charge in [0.1, 0.15) is 18.4 Å². The van der Waals surface area contributed by atoms with Crippen molar-refractivity contribution in [1.82, 2.24) is 14.5 Å². The smallest absolute Gasteiger partial charge is 0.330 e. The van der Waals surface area contributed by atoms with Gasteiger partial charge in [0.05, 0.1) is 37.5 Å². The van der Waals surface area contributed by atoms with Crippen LogP contribution in [-0.2, 0) is 4.74 Å². The first kappa shape index (κ1) is 28.0. The van der Waals surface area contributed by atoms with Crippen LogP contribution in [0.2, 0.25) is 0 Å². The number of aliphatic hydroxyl groups excluding tert-OH is 5. The molecule has 2 aliphatic heterocycles. The molecule has 3 heterocycles. The molecule has 0 radical (unpaired) electrons. The van der Waals surface area contributed by atoms with E-state index < -0.39 is 54.0 Å². The number of ether oxygens (including phenoxy) is 1. The number of aryl methyl sites for hydroxylation is 1. The molecular formula is C20H34N6O8. The van der Waals surface area contributed by atoms with Crippen LogP contribution < -0.4 is 11.2 Å². The summed E-state index contributed by atoms with van der Waals surface area (Å²) in [5.74, 6) is 0. The Morgan fingerprint density at radius 3 is 2.53 bits per heavy atom. The number of azide groups is 1. The lowest BCUT2D eigenvalue weighted by molar-refractivity contribution is -0.145. The number of hydrogen-bond acceptors (Lipinski definition) is 10. The molecule has 0 bridgehead atoms. The van der Waals surface area contributed by atoms with Crippen molar-refractivity contribution in [2.75, 3.05) is 26.3 Å². The Morgan fingerprint density at radius 2 is 1.94 bits per heavy atom. The average Bonchev–Trinajstić information content (AvgIpc) is 3.22. The van der Waals surface area contributed by atoms with E-state index in [9.17, 15) is 24.9 Å². The van der Waals surface area contributed by atoms with Crippen molar-refractivity contribution in [2.24, 2.45) is 5.11 Å². The molecular weight excluding hydrogens is 452 g/mol. The summed E-state index contributed by atoms with van der Waals surface area (Å²) in [6.45, 7) is 4.15. The van der Waals surface area contributed by atoms with Gasteiger partial charge in [0, 0.05) is 29.6 Å². The van der Waals surface area contributed by atoms with Gasteiger partial charge in [-0.25, -0.2) is 4.79 Å². The van der Waals surface area contributed by atoms with Crippen molar-refractivity contribution >= 4 is 0 Å². The molecule has 0 amide bonds. The fourth-order valence-electron chi connectivity index (χ4n) is 4.03. The molecule has 1 aromatic rings. The van der Waals surface area contributed by atoms with Gasteiger partial charge in [0.15, 0.2) is 0 Å². The van der Waals surface area contributed by atoms with Gasteiger partial charge in [-0.1, -0.05) is 18.5 Å². The van der Waals surface area contributed by atoms with E-state index >= 15 is 0 Å². The SMILES string of the molecule is CCCCN1C[C@H](O)[C@@H](O)[C@H](O)[C@H]1CO.Cc1cn([C@H]2C[C@H](N=[N+]=[N-])[C@@H](CO)O2)c(=O)[nH]c1=O. The van der Waals surface area contributed by atoms with Crippen LogP contribution in [0, 0.1) is 6.92 Å². The van der Waals surface area contributed by atoms with Crippen molar-refractivity contribution in [3.63, 3.8) is 0 Å². The summed E-state index contributed by atoms with van der Waals surface area (Å²) in [4.78, 5) is 29.7. The lowest BCUT2D eigenvalue weighted by Gasteiger charge is -2.43. The number of β-amino-alcohol motifs (C(OH)–C–C–N with tert-alkyl or cyclic N) is 1. The van der Waals surface area contributed by atoms with Crippen LogP contribution in [0.1, 0.15) is 38.0 Å². The van der Waals surface area contributed by atoms with Crippen molar-refractivity contribution in [3.05, 3.63) is 43.0 Å². The number of piperidine rings is 1. The van der Waals surface area contributed by atoms with Crippen LogP contribution in [0.25, 0.3) is 10.4 Å². The lowest BCUT2D eigenvalue weighted by atomic mass is 9.94. The zero-order valence-corrected chi connectivity index (χ0v) is 19.3.